The molecule has 0 saturated carbocycles. The molecule has 0 fully saturated rings. The molecule has 0 heterocycles. The predicted molar refractivity (Wildman–Crippen MR) is 98.9 cm³/mol. The first-order valence-corrected chi connectivity index (χ1v) is 8.39. The highest BCUT2D eigenvalue weighted by molar-refractivity contribution is 6.30. The van der Waals surface area contributed by atoms with E-state index in [1.165, 1.54) is 4.90 Å². The van der Waals surface area contributed by atoms with E-state index >= 15 is 0 Å². The van der Waals surface area contributed by atoms with Gasteiger partial charge in [0.1, 0.15) is 5.75 Å². The Hall–Kier alpha value is -2.53. The lowest BCUT2D eigenvalue weighted by Gasteiger charge is -2.23. The van der Waals surface area contributed by atoms with E-state index in [2.05, 4.69) is 5.32 Å². The summed E-state index contributed by atoms with van der Waals surface area (Å²) in [6.45, 7) is 1.81. The maximum atomic E-state index is 12.5. The third-order valence-corrected chi connectivity index (χ3v) is 3.80. The maximum absolute atomic E-state index is 12.5. The zero-order valence-electron chi connectivity index (χ0n) is 14.2. The molecule has 2 rings (SSSR count). The van der Waals surface area contributed by atoms with Crippen molar-refractivity contribution in [1.29, 1.82) is 0 Å². The summed E-state index contributed by atoms with van der Waals surface area (Å²) in [6, 6.07) is 15.9. The van der Waals surface area contributed by atoms with E-state index in [0.717, 1.165) is 0 Å². The molecule has 1 N–H and O–H groups in total. The molecule has 132 valence electrons. The average Bonchev–Trinajstić information content (AvgIpc) is 2.61. The average molecular weight is 361 g/mol. The third-order valence-electron chi connectivity index (χ3n) is 3.55. The van der Waals surface area contributed by atoms with Gasteiger partial charge in [0.25, 0.3) is 5.91 Å². The summed E-state index contributed by atoms with van der Waals surface area (Å²) in [7, 11) is 1.58. The number of amides is 2. The van der Waals surface area contributed by atoms with Gasteiger partial charge in [0.15, 0.2) is 6.10 Å². The molecule has 0 unspecified atom stereocenters. The van der Waals surface area contributed by atoms with Crippen molar-refractivity contribution in [2.45, 2.75) is 19.4 Å². The van der Waals surface area contributed by atoms with Gasteiger partial charge in [-0.3, -0.25) is 9.59 Å². The minimum Gasteiger partial charge on any atom is -0.481 e. The second-order valence-electron chi connectivity index (χ2n) is 5.58. The number of halogens is 1. The Bertz CT molecular complexity index is 704. The van der Waals surface area contributed by atoms with E-state index in [1.54, 1.807) is 43.4 Å². The quantitative estimate of drug-likeness (QED) is 0.820. The van der Waals surface area contributed by atoms with Gasteiger partial charge in [-0.1, -0.05) is 36.7 Å². The summed E-state index contributed by atoms with van der Waals surface area (Å²) in [5.41, 5.74) is 0.628. The topological polar surface area (TPSA) is 58.6 Å². The minimum atomic E-state index is -0.629. The normalized spacial score (nSPS) is 11.5. The smallest absolute Gasteiger partial charge is 0.263 e. The van der Waals surface area contributed by atoms with Gasteiger partial charge < -0.3 is 15.0 Å². The molecular formula is C19H21ClN2O3. The molecule has 0 bridgehead atoms. The summed E-state index contributed by atoms with van der Waals surface area (Å²) in [5.74, 6) is 0.104. The number of hydrogen-bond donors (Lipinski definition) is 1. The molecule has 0 saturated heterocycles. The first-order valence-electron chi connectivity index (χ1n) is 8.01. The Balaban J connectivity index is 1.91. The van der Waals surface area contributed by atoms with Crippen LogP contribution in [0.1, 0.15) is 13.3 Å². The molecule has 0 spiro atoms. The Morgan fingerprint density at radius 2 is 1.76 bits per heavy atom. The van der Waals surface area contributed by atoms with E-state index < -0.39 is 6.10 Å². The molecule has 2 aromatic rings. The highest BCUT2D eigenvalue weighted by Crippen LogP contribution is 2.15. The van der Waals surface area contributed by atoms with Gasteiger partial charge >= 0.3 is 0 Å². The van der Waals surface area contributed by atoms with Crippen molar-refractivity contribution in [3.05, 3.63) is 59.6 Å². The van der Waals surface area contributed by atoms with Crippen LogP contribution in [-0.4, -0.2) is 36.4 Å². The molecule has 0 radical (unpaired) electrons. The number of hydrogen-bond acceptors (Lipinski definition) is 3. The number of carbonyl (C=O) groups is 2. The highest BCUT2D eigenvalue weighted by atomic mass is 35.5. The lowest BCUT2D eigenvalue weighted by atomic mass is 10.2. The van der Waals surface area contributed by atoms with Crippen molar-refractivity contribution in [3.8, 4) is 5.75 Å². The van der Waals surface area contributed by atoms with Gasteiger partial charge in [-0.2, -0.15) is 0 Å². The molecule has 2 amide bonds. The fraction of sp³-hybridized carbons (Fsp3) is 0.263. The van der Waals surface area contributed by atoms with E-state index in [1.807, 2.05) is 25.1 Å². The summed E-state index contributed by atoms with van der Waals surface area (Å²) in [6.07, 6.45) is -0.118. The van der Waals surface area contributed by atoms with Crippen molar-refractivity contribution in [2.24, 2.45) is 0 Å². The van der Waals surface area contributed by atoms with Gasteiger partial charge in [0.05, 0.1) is 6.54 Å². The molecule has 0 aliphatic rings. The number of rotatable bonds is 7. The Morgan fingerprint density at radius 1 is 1.12 bits per heavy atom. The van der Waals surface area contributed by atoms with Crippen molar-refractivity contribution in [3.63, 3.8) is 0 Å². The van der Waals surface area contributed by atoms with Crippen molar-refractivity contribution < 1.29 is 14.3 Å². The Kier molecular flexibility index (Phi) is 6.83. The van der Waals surface area contributed by atoms with Crippen LogP contribution in [0.4, 0.5) is 5.69 Å². The second-order valence-corrected chi connectivity index (χ2v) is 6.01. The monoisotopic (exact) mass is 360 g/mol. The van der Waals surface area contributed by atoms with Crippen LogP contribution in [-0.2, 0) is 9.59 Å². The molecule has 0 aromatic heterocycles. The summed E-state index contributed by atoms with van der Waals surface area (Å²) < 4.78 is 5.72. The molecular weight excluding hydrogens is 340 g/mol. The number of benzene rings is 2. The Morgan fingerprint density at radius 3 is 2.36 bits per heavy atom. The summed E-state index contributed by atoms with van der Waals surface area (Å²) >= 11 is 5.81. The molecule has 25 heavy (non-hydrogen) atoms. The van der Waals surface area contributed by atoms with Crippen molar-refractivity contribution in [2.75, 3.05) is 18.9 Å². The summed E-state index contributed by atoms with van der Waals surface area (Å²) in [5, 5.41) is 3.32. The van der Waals surface area contributed by atoms with Gasteiger partial charge in [0.2, 0.25) is 5.91 Å². The van der Waals surface area contributed by atoms with Gasteiger partial charge in [-0.15, -0.1) is 0 Å². The molecule has 6 heteroatoms. The van der Waals surface area contributed by atoms with Crippen LogP contribution in [0.5, 0.6) is 5.75 Å². The van der Waals surface area contributed by atoms with Crippen LogP contribution in [0.15, 0.2) is 54.6 Å². The molecule has 1 atom stereocenters. The largest absolute Gasteiger partial charge is 0.481 e. The van der Waals surface area contributed by atoms with E-state index in [-0.39, 0.29) is 18.4 Å². The minimum absolute atomic E-state index is 0.0594. The molecule has 0 aliphatic heterocycles. The molecule has 0 aliphatic carbocycles. The Labute approximate surface area is 152 Å². The third kappa shape index (κ3) is 5.80. The lowest BCUT2D eigenvalue weighted by Crippen LogP contribution is -2.43. The van der Waals surface area contributed by atoms with Gasteiger partial charge in [0, 0.05) is 17.8 Å². The SMILES string of the molecule is CC[C@H](Oc1ccccc1)C(=O)N(C)CC(=O)Nc1ccc(Cl)cc1. The van der Waals surface area contributed by atoms with Crippen LogP contribution < -0.4 is 10.1 Å². The number of ether oxygens (including phenoxy) is 1. The summed E-state index contributed by atoms with van der Waals surface area (Å²) in [4.78, 5) is 26.0. The van der Waals surface area contributed by atoms with Crippen LogP contribution in [0, 0.1) is 0 Å². The fourth-order valence-electron chi connectivity index (χ4n) is 2.24. The zero-order valence-corrected chi connectivity index (χ0v) is 15.0. The van der Waals surface area contributed by atoms with E-state index in [9.17, 15) is 9.59 Å². The van der Waals surface area contributed by atoms with Crippen molar-refractivity contribution in [1.82, 2.24) is 4.90 Å². The molecule has 2 aromatic carbocycles. The number of likely N-dealkylation sites (N-methyl/N-ethyl adjacent to an activating group) is 1. The number of anilines is 1. The van der Waals surface area contributed by atoms with Crippen LogP contribution in [0.3, 0.4) is 0 Å². The number of para-hydroxylation sites is 1. The lowest BCUT2D eigenvalue weighted by molar-refractivity contribution is -0.139. The second kappa shape index (κ2) is 9.08. The van der Waals surface area contributed by atoms with E-state index in [0.29, 0.717) is 22.9 Å². The first-order chi connectivity index (χ1) is 12.0. The predicted octanol–water partition coefficient (Wildman–Crippen LogP) is 3.59. The molecule has 5 nitrogen and oxygen atoms in total. The van der Waals surface area contributed by atoms with Crippen molar-refractivity contribution >= 4 is 29.1 Å². The zero-order chi connectivity index (χ0) is 18.2. The van der Waals surface area contributed by atoms with Gasteiger partial charge in [-0.05, 0) is 42.8 Å². The fourth-order valence-corrected chi connectivity index (χ4v) is 2.37. The number of carbonyl (C=O) groups excluding carboxylic acids is 2. The van der Waals surface area contributed by atoms with Crippen LogP contribution in [0.25, 0.3) is 0 Å². The van der Waals surface area contributed by atoms with E-state index in [4.69, 9.17) is 16.3 Å². The van der Waals surface area contributed by atoms with Crippen LogP contribution >= 0.6 is 11.6 Å². The number of nitrogens with one attached hydrogen (secondary N) is 1. The van der Waals surface area contributed by atoms with Gasteiger partial charge in [-0.25, -0.2) is 0 Å². The highest BCUT2D eigenvalue weighted by Gasteiger charge is 2.23. The maximum Gasteiger partial charge on any atom is 0.263 e. The number of nitrogens with zero attached hydrogens (tertiary/aromatic N) is 1. The van der Waals surface area contributed by atoms with Crippen LogP contribution in [0.2, 0.25) is 5.02 Å². The standard InChI is InChI=1S/C19H21ClN2O3/c1-3-17(25-16-7-5-4-6-8-16)19(24)22(2)13-18(23)21-15-11-9-14(20)10-12-15/h4-12,17H,3,13H2,1-2H3,(H,21,23)/t17-/m0/s1. The first kappa shape index (κ1) is 18.8.